The topological polar surface area (TPSA) is 29.5 Å². The second-order valence-corrected chi connectivity index (χ2v) is 3.30. The third-order valence-electron chi connectivity index (χ3n) is 2.10. The number of aliphatic hydroxyl groups is 1. The average Bonchev–Trinajstić information content (AvgIpc) is 2.25. The Kier molecular flexibility index (Phi) is 4.32. The van der Waals surface area contributed by atoms with Crippen LogP contribution >= 0.6 is 0 Å². The van der Waals surface area contributed by atoms with Crippen LogP contribution < -0.4 is 0 Å². The van der Waals surface area contributed by atoms with E-state index < -0.39 is 17.8 Å². The lowest BCUT2D eigenvalue weighted by molar-refractivity contribution is -0.137. The summed E-state index contributed by atoms with van der Waals surface area (Å²) in [6.07, 6.45) is -5.23. The first-order chi connectivity index (χ1) is 7.45. The van der Waals surface area contributed by atoms with Gasteiger partial charge in [-0.15, -0.1) is 0 Å². The van der Waals surface area contributed by atoms with Gasteiger partial charge in [0.05, 0.1) is 12.2 Å². The Bertz CT molecular complexity index is 319. The Labute approximate surface area is 91.7 Å². The largest absolute Gasteiger partial charge is 0.416 e. The number of benzene rings is 1. The minimum Gasteiger partial charge on any atom is -0.386 e. The van der Waals surface area contributed by atoms with Crippen LogP contribution in [0.2, 0.25) is 0 Å². The summed E-state index contributed by atoms with van der Waals surface area (Å²) in [5, 5.41) is 9.54. The number of hydrogen-bond acceptors (Lipinski definition) is 2. The Morgan fingerprint density at radius 3 is 2.25 bits per heavy atom. The SMILES string of the molecule is CCOCC(O)c1ccc(C(F)(F)F)cc1. The zero-order valence-electron chi connectivity index (χ0n) is 8.79. The lowest BCUT2D eigenvalue weighted by atomic mass is 10.1. The first-order valence-corrected chi connectivity index (χ1v) is 4.88. The molecule has 2 nitrogen and oxygen atoms in total. The van der Waals surface area contributed by atoms with Gasteiger partial charge in [0.25, 0.3) is 0 Å². The van der Waals surface area contributed by atoms with Crippen LogP contribution in [0.15, 0.2) is 24.3 Å². The van der Waals surface area contributed by atoms with Gasteiger partial charge < -0.3 is 9.84 Å². The molecule has 0 aliphatic carbocycles. The minimum absolute atomic E-state index is 0.0852. The molecule has 0 amide bonds. The highest BCUT2D eigenvalue weighted by atomic mass is 19.4. The summed E-state index contributed by atoms with van der Waals surface area (Å²) in [4.78, 5) is 0. The molecule has 0 radical (unpaired) electrons. The molecule has 0 aliphatic heterocycles. The quantitative estimate of drug-likeness (QED) is 0.868. The molecule has 1 aromatic rings. The fourth-order valence-corrected chi connectivity index (χ4v) is 1.22. The van der Waals surface area contributed by atoms with Crippen LogP contribution in [-0.2, 0) is 10.9 Å². The minimum atomic E-state index is -4.34. The lowest BCUT2D eigenvalue weighted by Crippen LogP contribution is -2.09. The van der Waals surface area contributed by atoms with E-state index in [1.807, 2.05) is 0 Å². The first kappa shape index (κ1) is 13.0. The number of halogens is 3. The maximum atomic E-state index is 12.2. The molecule has 1 rings (SSSR count). The fourth-order valence-electron chi connectivity index (χ4n) is 1.22. The van der Waals surface area contributed by atoms with E-state index in [1.165, 1.54) is 12.1 Å². The fraction of sp³-hybridized carbons (Fsp3) is 0.455. The van der Waals surface area contributed by atoms with Gasteiger partial charge in [0.2, 0.25) is 0 Å². The van der Waals surface area contributed by atoms with E-state index >= 15 is 0 Å². The van der Waals surface area contributed by atoms with Gasteiger partial charge in [-0.3, -0.25) is 0 Å². The summed E-state index contributed by atoms with van der Waals surface area (Å²) < 4.78 is 41.7. The molecule has 0 spiro atoms. The van der Waals surface area contributed by atoms with Crippen molar-refractivity contribution in [3.05, 3.63) is 35.4 Å². The predicted molar refractivity (Wildman–Crippen MR) is 52.9 cm³/mol. The molecule has 5 heteroatoms. The summed E-state index contributed by atoms with van der Waals surface area (Å²) in [6.45, 7) is 2.32. The molecule has 1 unspecified atom stereocenters. The van der Waals surface area contributed by atoms with Crippen LogP contribution in [0.5, 0.6) is 0 Å². The zero-order valence-corrected chi connectivity index (χ0v) is 8.79. The van der Waals surface area contributed by atoms with Gasteiger partial charge in [0.15, 0.2) is 0 Å². The van der Waals surface area contributed by atoms with Crippen LogP contribution in [-0.4, -0.2) is 18.3 Å². The molecule has 0 saturated carbocycles. The molecular formula is C11H13F3O2. The van der Waals surface area contributed by atoms with Crippen LogP contribution in [0, 0.1) is 0 Å². The molecule has 0 heterocycles. The summed E-state index contributed by atoms with van der Waals surface area (Å²) >= 11 is 0. The van der Waals surface area contributed by atoms with E-state index in [0.717, 1.165) is 12.1 Å². The van der Waals surface area contributed by atoms with Gasteiger partial charge in [-0.05, 0) is 24.6 Å². The standard InChI is InChI=1S/C11H13F3O2/c1-2-16-7-10(15)8-3-5-9(6-4-8)11(12,13)14/h3-6,10,15H,2,7H2,1H3. The average molecular weight is 234 g/mol. The Hall–Kier alpha value is -1.07. The van der Waals surface area contributed by atoms with Crippen molar-refractivity contribution in [2.24, 2.45) is 0 Å². The van der Waals surface area contributed by atoms with Gasteiger partial charge in [-0.2, -0.15) is 13.2 Å². The summed E-state index contributed by atoms with van der Waals surface area (Å²) in [6, 6.07) is 4.41. The third kappa shape index (κ3) is 3.50. The number of hydrogen-bond donors (Lipinski definition) is 1. The van der Waals surface area contributed by atoms with E-state index in [9.17, 15) is 18.3 Å². The molecule has 0 saturated heterocycles. The number of alkyl halides is 3. The van der Waals surface area contributed by atoms with Crippen molar-refractivity contribution in [3.63, 3.8) is 0 Å². The van der Waals surface area contributed by atoms with Crippen molar-refractivity contribution < 1.29 is 23.0 Å². The monoisotopic (exact) mass is 234 g/mol. The summed E-state index contributed by atoms with van der Waals surface area (Å²) in [7, 11) is 0. The highest BCUT2D eigenvalue weighted by molar-refractivity contribution is 5.26. The first-order valence-electron chi connectivity index (χ1n) is 4.88. The van der Waals surface area contributed by atoms with Crippen molar-refractivity contribution in [3.8, 4) is 0 Å². The van der Waals surface area contributed by atoms with E-state index in [0.29, 0.717) is 12.2 Å². The number of rotatable bonds is 4. The highest BCUT2D eigenvalue weighted by Crippen LogP contribution is 2.29. The summed E-state index contributed by atoms with van der Waals surface area (Å²) in [5.74, 6) is 0. The molecule has 1 aromatic carbocycles. The smallest absolute Gasteiger partial charge is 0.386 e. The van der Waals surface area contributed by atoms with E-state index in [1.54, 1.807) is 6.92 Å². The van der Waals surface area contributed by atoms with E-state index in [4.69, 9.17) is 4.74 Å². The van der Waals surface area contributed by atoms with Crippen molar-refractivity contribution in [2.45, 2.75) is 19.2 Å². The highest BCUT2D eigenvalue weighted by Gasteiger charge is 2.30. The Morgan fingerprint density at radius 1 is 1.25 bits per heavy atom. The van der Waals surface area contributed by atoms with Gasteiger partial charge in [-0.1, -0.05) is 12.1 Å². The normalized spacial score (nSPS) is 13.8. The molecule has 0 fully saturated rings. The molecule has 0 bridgehead atoms. The second kappa shape index (κ2) is 5.32. The van der Waals surface area contributed by atoms with E-state index in [2.05, 4.69) is 0 Å². The van der Waals surface area contributed by atoms with Crippen LogP contribution in [0.3, 0.4) is 0 Å². The second-order valence-electron chi connectivity index (χ2n) is 3.30. The van der Waals surface area contributed by atoms with Crippen molar-refractivity contribution in [1.29, 1.82) is 0 Å². The van der Waals surface area contributed by atoms with E-state index in [-0.39, 0.29) is 6.61 Å². The summed E-state index contributed by atoms with van der Waals surface area (Å²) in [5.41, 5.74) is -0.304. The van der Waals surface area contributed by atoms with Gasteiger partial charge in [-0.25, -0.2) is 0 Å². The van der Waals surface area contributed by atoms with Crippen LogP contribution in [0.4, 0.5) is 13.2 Å². The van der Waals surface area contributed by atoms with Crippen LogP contribution in [0.25, 0.3) is 0 Å². The molecule has 1 atom stereocenters. The molecular weight excluding hydrogens is 221 g/mol. The Balaban J connectivity index is 2.71. The zero-order chi connectivity index (χ0) is 12.2. The molecule has 0 aliphatic rings. The third-order valence-corrected chi connectivity index (χ3v) is 2.10. The lowest BCUT2D eigenvalue weighted by Gasteiger charge is -2.12. The Morgan fingerprint density at radius 2 is 1.81 bits per heavy atom. The van der Waals surface area contributed by atoms with Crippen molar-refractivity contribution in [1.82, 2.24) is 0 Å². The van der Waals surface area contributed by atoms with Crippen molar-refractivity contribution in [2.75, 3.05) is 13.2 Å². The molecule has 90 valence electrons. The van der Waals surface area contributed by atoms with Gasteiger partial charge in [0, 0.05) is 6.61 Å². The maximum absolute atomic E-state index is 12.2. The predicted octanol–water partition coefficient (Wildman–Crippen LogP) is 2.78. The van der Waals surface area contributed by atoms with Gasteiger partial charge >= 0.3 is 6.18 Å². The number of aliphatic hydroxyl groups excluding tert-OH is 1. The number of ether oxygens (including phenoxy) is 1. The maximum Gasteiger partial charge on any atom is 0.416 e. The molecule has 1 N–H and O–H groups in total. The van der Waals surface area contributed by atoms with Crippen LogP contribution in [0.1, 0.15) is 24.2 Å². The molecule has 16 heavy (non-hydrogen) atoms. The molecule has 0 aromatic heterocycles. The van der Waals surface area contributed by atoms with Gasteiger partial charge in [0.1, 0.15) is 6.10 Å². The van der Waals surface area contributed by atoms with Crippen molar-refractivity contribution >= 4 is 0 Å².